The molecule has 10 heteroatoms. The minimum atomic E-state index is -3.83. The second-order valence-corrected chi connectivity index (χ2v) is 6.85. The van der Waals surface area contributed by atoms with Crippen LogP contribution in [0.4, 0.5) is 5.82 Å². The molecule has 0 fully saturated rings. The van der Waals surface area contributed by atoms with Gasteiger partial charge in [0.15, 0.2) is 11.9 Å². The van der Waals surface area contributed by atoms with Gasteiger partial charge in [0.2, 0.25) is 10.0 Å². The molecule has 0 aliphatic heterocycles. The zero-order valence-electron chi connectivity index (χ0n) is 13.6. The number of anilines is 1. The summed E-state index contributed by atoms with van der Waals surface area (Å²) in [6.07, 6.45) is -1.13. The number of rotatable bonds is 7. The number of nitrogens with zero attached hydrogens (tertiary/aromatic N) is 1. The number of amides is 1. The number of ether oxygens (including phenoxy) is 1. The van der Waals surface area contributed by atoms with Gasteiger partial charge in [0.05, 0.1) is 4.90 Å². The van der Waals surface area contributed by atoms with Crippen molar-refractivity contribution in [1.29, 1.82) is 0 Å². The van der Waals surface area contributed by atoms with Crippen LogP contribution >= 0.6 is 0 Å². The Labute approximate surface area is 144 Å². The van der Waals surface area contributed by atoms with E-state index in [4.69, 9.17) is 9.26 Å². The first-order chi connectivity index (χ1) is 11.8. The molecule has 1 amide bonds. The third kappa shape index (κ3) is 5.40. The van der Waals surface area contributed by atoms with Gasteiger partial charge in [-0.05, 0) is 26.0 Å². The third-order valence-electron chi connectivity index (χ3n) is 3.02. The minimum Gasteiger partial charge on any atom is -0.452 e. The maximum Gasteiger partial charge on any atom is 0.321 e. The predicted molar refractivity (Wildman–Crippen MR) is 87.1 cm³/mol. The Morgan fingerprint density at radius 3 is 2.56 bits per heavy atom. The highest BCUT2D eigenvalue weighted by atomic mass is 32.2. The molecule has 0 radical (unpaired) electrons. The summed E-state index contributed by atoms with van der Waals surface area (Å²) in [5.41, 5.74) is 0. The molecule has 2 N–H and O–H groups in total. The Bertz CT molecular complexity index is 847. The molecule has 0 saturated heterocycles. The second kappa shape index (κ2) is 7.90. The van der Waals surface area contributed by atoms with E-state index in [1.807, 2.05) is 0 Å². The predicted octanol–water partition coefficient (Wildman–Crippen LogP) is 0.832. The highest BCUT2D eigenvalue weighted by molar-refractivity contribution is 7.89. The molecule has 1 heterocycles. The molecule has 0 bridgehead atoms. The maximum absolute atomic E-state index is 12.0. The van der Waals surface area contributed by atoms with E-state index in [1.54, 1.807) is 25.1 Å². The van der Waals surface area contributed by atoms with Gasteiger partial charge in [-0.25, -0.2) is 8.42 Å². The van der Waals surface area contributed by atoms with Crippen molar-refractivity contribution >= 4 is 27.7 Å². The molecule has 1 unspecified atom stereocenters. The van der Waals surface area contributed by atoms with Gasteiger partial charge in [0, 0.05) is 6.07 Å². The Hall–Kier alpha value is -2.72. The summed E-state index contributed by atoms with van der Waals surface area (Å²) in [6.45, 7) is 2.41. The van der Waals surface area contributed by atoms with E-state index in [0.717, 1.165) is 0 Å². The van der Waals surface area contributed by atoms with Crippen LogP contribution in [-0.2, 0) is 24.3 Å². The van der Waals surface area contributed by atoms with Crippen molar-refractivity contribution < 1.29 is 27.3 Å². The zero-order valence-corrected chi connectivity index (χ0v) is 14.4. The number of sulfonamides is 1. The van der Waals surface area contributed by atoms with Crippen molar-refractivity contribution in [3.8, 4) is 0 Å². The molecule has 0 saturated carbocycles. The number of hydrogen-bond donors (Lipinski definition) is 2. The summed E-state index contributed by atoms with van der Waals surface area (Å²) < 4.78 is 35.8. The van der Waals surface area contributed by atoms with Crippen LogP contribution in [0.3, 0.4) is 0 Å². The van der Waals surface area contributed by atoms with Crippen LogP contribution in [0.1, 0.15) is 12.7 Å². The first kappa shape index (κ1) is 18.6. The highest BCUT2D eigenvalue weighted by Gasteiger charge is 2.21. The van der Waals surface area contributed by atoms with Crippen molar-refractivity contribution in [2.24, 2.45) is 0 Å². The van der Waals surface area contributed by atoms with Gasteiger partial charge in [-0.3, -0.25) is 9.59 Å². The summed E-state index contributed by atoms with van der Waals surface area (Å²) in [4.78, 5) is 23.6. The van der Waals surface area contributed by atoms with Crippen LogP contribution in [0.15, 0.2) is 45.8 Å². The zero-order chi connectivity index (χ0) is 18.4. The number of benzene rings is 1. The Balaban J connectivity index is 1.84. The van der Waals surface area contributed by atoms with Crippen molar-refractivity contribution in [2.45, 2.75) is 24.8 Å². The lowest BCUT2D eigenvalue weighted by Gasteiger charge is -2.12. The number of nitrogens with one attached hydrogen (secondary N) is 2. The number of esters is 1. The normalized spacial score (nSPS) is 12.4. The van der Waals surface area contributed by atoms with E-state index < -0.39 is 34.5 Å². The van der Waals surface area contributed by atoms with Crippen LogP contribution in [0, 0.1) is 6.92 Å². The molecule has 1 aromatic carbocycles. The minimum absolute atomic E-state index is 0.0231. The van der Waals surface area contributed by atoms with Crippen LogP contribution in [-0.4, -0.2) is 38.1 Å². The van der Waals surface area contributed by atoms with Gasteiger partial charge in [-0.2, -0.15) is 4.72 Å². The lowest BCUT2D eigenvalue weighted by Crippen LogP contribution is -2.35. The summed E-state index contributed by atoms with van der Waals surface area (Å²) >= 11 is 0. The van der Waals surface area contributed by atoms with Crippen molar-refractivity contribution in [3.63, 3.8) is 0 Å². The Kier molecular flexibility index (Phi) is 5.88. The Morgan fingerprint density at radius 1 is 1.28 bits per heavy atom. The first-order valence-electron chi connectivity index (χ1n) is 7.26. The molecule has 1 aromatic heterocycles. The van der Waals surface area contributed by atoms with Crippen molar-refractivity contribution in [1.82, 2.24) is 9.88 Å². The topological polar surface area (TPSA) is 128 Å². The highest BCUT2D eigenvalue weighted by Crippen LogP contribution is 2.09. The third-order valence-corrected chi connectivity index (χ3v) is 4.43. The fraction of sp³-hybridized carbons (Fsp3) is 0.267. The van der Waals surface area contributed by atoms with E-state index in [1.165, 1.54) is 25.1 Å². The molecule has 25 heavy (non-hydrogen) atoms. The number of carbonyl (C=O) groups excluding carboxylic acids is 2. The van der Waals surface area contributed by atoms with Gasteiger partial charge in [0.25, 0.3) is 5.91 Å². The Morgan fingerprint density at radius 2 is 1.96 bits per heavy atom. The molecule has 134 valence electrons. The van der Waals surface area contributed by atoms with E-state index in [-0.39, 0.29) is 10.7 Å². The molecular formula is C15H17N3O6S. The SMILES string of the molecule is Cc1cc(NC(=O)C(C)OC(=O)CNS(=O)(=O)c2ccccc2)no1. The number of aryl methyl sites for hydroxylation is 1. The van der Waals surface area contributed by atoms with Gasteiger partial charge in [0.1, 0.15) is 12.3 Å². The largest absolute Gasteiger partial charge is 0.452 e. The quantitative estimate of drug-likeness (QED) is 0.694. The van der Waals surface area contributed by atoms with E-state index in [2.05, 4.69) is 15.2 Å². The van der Waals surface area contributed by atoms with Gasteiger partial charge in [-0.1, -0.05) is 23.4 Å². The summed E-state index contributed by atoms with van der Waals surface area (Å²) in [5.74, 6) is -0.809. The van der Waals surface area contributed by atoms with Gasteiger partial charge in [-0.15, -0.1) is 0 Å². The summed E-state index contributed by atoms with van der Waals surface area (Å²) in [6, 6.07) is 9.08. The average Bonchev–Trinajstić information content (AvgIpc) is 2.98. The van der Waals surface area contributed by atoms with E-state index in [0.29, 0.717) is 5.76 Å². The van der Waals surface area contributed by atoms with E-state index in [9.17, 15) is 18.0 Å². The summed E-state index contributed by atoms with van der Waals surface area (Å²) in [5, 5.41) is 5.99. The molecule has 0 aliphatic carbocycles. The second-order valence-electron chi connectivity index (χ2n) is 5.08. The fourth-order valence-electron chi connectivity index (χ4n) is 1.78. The van der Waals surface area contributed by atoms with Crippen LogP contribution in [0.5, 0.6) is 0 Å². The molecule has 0 spiro atoms. The van der Waals surface area contributed by atoms with Crippen LogP contribution < -0.4 is 10.0 Å². The number of hydrogen-bond acceptors (Lipinski definition) is 7. The molecular weight excluding hydrogens is 350 g/mol. The van der Waals surface area contributed by atoms with Crippen LogP contribution in [0.25, 0.3) is 0 Å². The van der Waals surface area contributed by atoms with Crippen molar-refractivity contribution in [3.05, 3.63) is 42.2 Å². The fourth-order valence-corrected chi connectivity index (χ4v) is 2.77. The average molecular weight is 367 g/mol. The molecule has 1 atom stereocenters. The molecule has 2 rings (SSSR count). The number of aromatic nitrogens is 1. The molecule has 2 aromatic rings. The maximum atomic E-state index is 12.0. The molecule has 9 nitrogen and oxygen atoms in total. The lowest BCUT2D eigenvalue weighted by molar-refractivity contribution is -0.151. The smallest absolute Gasteiger partial charge is 0.321 e. The summed E-state index contributed by atoms with van der Waals surface area (Å²) in [7, 11) is -3.83. The standard InChI is InChI=1S/C15H17N3O6S/c1-10-8-13(18-24-10)17-15(20)11(2)23-14(19)9-16-25(21,22)12-6-4-3-5-7-12/h3-8,11,16H,9H2,1-2H3,(H,17,18,20). The number of carbonyl (C=O) groups is 2. The molecule has 0 aliphatic rings. The van der Waals surface area contributed by atoms with Crippen LogP contribution in [0.2, 0.25) is 0 Å². The van der Waals surface area contributed by atoms with Crippen molar-refractivity contribution in [2.75, 3.05) is 11.9 Å². The van der Waals surface area contributed by atoms with Gasteiger partial charge >= 0.3 is 5.97 Å². The monoisotopic (exact) mass is 367 g/mol. The lowest BCUT2D eigenvalue weighted by atomic mass is 10.3. The first-order valence-corrected chi connectivity index (χ1v) is 8.74. The van der Waals surface area contributed by atoms with Gasteiger partial charge < -0.3 is 14.6 Å². The van der Waals surface area contributed by atoms with E-state index >= 15 is 0 Å².